The molecular weight excluding hydrogens is 281 g/mol. The first-order valence-electron chi connectivity index (χ1n) is 6.82. The van der Waals surface area contributed by atoms with Crippen LogP contribution in [0.2, 0.25) is 0 Å². The zero-order valence-corrected chi connectivity index (χ0v) is 12.3. The van der Waals surface area contributed by atoms with Crippen LogP contribution in [-0.2, 0) is 11.0 Å². The Morgan fingerprint density at radius 2 is 1.86 bits per heavy atom. The summed E-state index contributed by atoms with van der Waals surface area (Å²) in [6, 6.07) is 3.35. The summed E-state index contributed by atoms with van der Waals surface area (Å²) in [6.07, 6.45) is -3.76. The highest BCUT2D eigenvalue weighted by Crippen LogP contribution is 2.36. The number of carbonyl (C=O) groups is 1. The highest BCUT2D eigenvalue weighted by atomic mass is 19.4. The molecule has 2 N–H and O–H groups in total. The van der Waals surface area contributed by atoms with Gasteiger partial charge in [-0.3, -0.25) is 4.79 Å². The maximum absolute atomic E-state index is 12.7. The van der Waals surface area contributed by atoms with Crippen molar-refractivity contribution < 1.29 is 18.0 Å². The van der Waals surface area contributed by atoms with Gasteiger partial charge >= 0.3 is 6.18 Å². The highest BCUT2D eigenvalue weighted by Gasteiger charge is 2.33. The van der Waals surface area contributed by atoms with Crippen LogP contribution in [0.15, 0.2) is 18.2 Å². The summed E-state index contributed by atoms with van der Waals surface area (Å²) in [6.45, 7) is 6.50. The summed E-state index contributed by atoms with van der Waals surface area (Å²) in [7, 11) is 0. The van der Waals surface area contributed by atoms with Crippen LogP contribution in [0.25, 0.3) is 0 Å². The predicted molar refractivity (Wildman–Crippen MR) is 76.1 cm³/mol. The molecule has 0 aliphatic carbocycles. The molecule has 1 heterocycles. The molecule has 1 aliphatic rings. The Bertz CT molecular complexity index is 547. The van der Waals surface area contributed by atoms with Gasteiger partial charge in [0.2, 0.25) is 5.91 Å². The van der Waals surface area contributed by atoms with E-state index in [-0.39, 0.29) is 22.9 Å². The van der Waals surface area contributed by atoms with E-state index in [2.05, 4.69) is 10.6 Å². The molecule has 0 saturated carbocycles. The SMILES string of the molecule is CC(C)(C)CC1CNc2ccc(C(F)(F)F)cc2NC1=O. The first kappa shape index (κ1) is 15.7. The predicted octanol–water partition coefficient (Wildman–Crippen LogP) is 4.12. The van der Waals surface area contributed by atoms with Crippen LogP contribution in [0, 0.1) is 11.3 Å². The van der Waals surface area contributed by atoms with E-state index in [1.54, 1.807) is 0 Å². The number of amides is 1. The molecule has 116 valence electrons. The van der Waals surface area contributed by atoms with Crippen LogP contribution in [0.3, 0.4) is 0 Å². The van der Waals surface area contributed by atoms with E-state index < -0.39 is 11.7 Å². The lowest BCUT2D eigenvalue weighted by molar-refractivity contribution is -0.137. The molecule has 0 fully saturated rings. The number of carbonyl (C=O) groups excluding carboxylic acids is 1. The van der Waals surface area contributed by atoms with Crippen LogP contribution >= 0.6 is 0 Å². The van der Waals surface area contributed by atoms with Crippen molar-refractivity contribution in [2.45, 2.75) is 33.4 Å². The Morgan fingerprint density at radius 3 is 2.43 bits per heavy atom. The third-order valence-corrected chi connectivity index (χ3v) is 3.37. The van der Waals surface area contributed by atoms with E-state index >= 15 is 0 Å². The number of rotatable bonds is 1. The van der Waals surface area contributed by atoms with Gasteiger partial charge in [0.05, 0.1) is 22.9 Å². The molecule has 3 nitrogen and oxygen atoms in total. The van der Waals surface area contributed by atoms with Crippen LogP contribution in [-0.4, -0.2) is 12.5 Å². The van der Waals surface area contributed by atoms with Gasteiger partial charge in [0, 0.05) is 6.54 Å². The molecule has 2 rings (SSSR count). The number of hydrogen-bond acceptors (Lipinski definition) is 2. The molecule has 6 heteroatoms. The lowest BCUT2D eigenvalue weighted by Crippen LogP contribution is -2.29. The van der Waals surface area contributed by atoms with Crippen molar-refractivity contribution in [3.8, 4) is 0 Å². The third kappa shape index (κ3) is 3.89. The molecule has 0 bridgehead atoms. The van der Waals surface area contributed by atoms with Gasteiger partial charge in [0.15, 0.2) is 0 Å². The Kier molecular flexibility index (Phi) is 3.91. The minimum absolute atomic E-state index is 0.0304. The number of hydrogen-bond donors (Lipinski definition) is 2. The second-order valence-corrected chi connectivity index (χ2v) is 6.59. The lowest BCUT2D eigenvalue weighted by atomic mass is 9.84. The highest BCUT2D eigenvalue weighted by molar-refractivity contribution is 5.97. The zero-order valence-electron chi connectivity index (χ0n) is 12.3. The molecule has 1 unspecified atom stereocenters. The number of fused-ring (bicyclic) bond motifs is 1. The van der Waals surface area contributed by atoms with Crippen LogP contribution in [0.1, 0.15) is 32.8 Å². The molecule has 0 radical (unpaired) electrons. The van der Waals surface area contributed by atoms with Crippen molar-refractivity contribution in [2.24, 2.45) is 11.3 Å². The van der Waals surface area contributed by atoms with Crippen molar-refractivity contribution in [1.82, 2.24) is 0 Å². The summed E-state index contributed by atoms with van der Waals surface area (Å²) in [4.78, 5) is 12.2. The monoisotopic (exact) mass is 300 g/mol. The number of benzene rings is 1. The maximum atomic E-state index is 12.7. The summed E-state index contributed by atoms with van der Waals surface area (Å²) < 4.78 is 38.2. The molecule has 0 saturated heterocycles. The van der Waals surface area contributed by atoms with Gasteiger partial charge in [-0.25, -0.2) is 0 Å². The smallest absolute Gasteiger partial charge is 0.383 e. The van der Waals surface area contributed by atoms with Gasteiger partial charge in [-0.2, -0.15) is 13.2 Å². The minimum atomic E-state index is -4.42. The lowest BCUT2D eigenvalue weighted by Gasteiger charge is -2.23. The zero-order chi connectivity index (χ0) is 15.8. The molecule has 21 heavy (non-hydrogen) atoms. The van der Waals surface area contributed by atoms with E-state index in [4.69, 9.17) is 0 Å². The first-order chi connectivity index (χ1) is 9.56. The van der Waals surface area contributed by atoms with Gasteiger partial charge < -0.3 is 10.6 Å². The largest absolute Gasteiger partial charge is 0.416 e. The quantitative estimate of drug-likeness (QED) is 0.819. The number of alkyl halides is 3. The normalized spacial score (nSPS) is 19.3. The molecule has 0 aromatic heterocycles. The van der Waals surface area contributed by atoms with E-state index in [0.717, 1.165) is 12.1 Å². The molecular formula is C15H19F3N2O. The first-order valence-corrected chi connectivity index (χ1v) is 6.82. The third-order valence-electron chi connectivity index (χ3n) is 3.37. The summed E-state index contributed by atoms with van der Waals surface area (Å²) >= 11 is 0. The van der Waals surface area contributed by atoms with Crippen LogP contribution in [0.5, 0.6) is 0 Å². The molecule has 1 atom stereocenters. The van der Waals surface area contributed by atoms with Gasteiger partial charge in [0.25, 0.3) is 0 Å². The Morgan fingerprint density at radius 1 is 1.19 bits per heavy atom. The van der Waals surface area contributed by atoms with Crippen molar-refractivity contribution in [2.75, 3.05) is 17.2 Å². The fourth-order valence-corrected chi connectivity index (χ4v) is 2.44. The molecule has 1 amide bonds. The van der Waals surface area contributed by atoms with Gasteiger partial charge in [0.1, 0.15) is 0 Å². The Labute approximate surface area is 121 Å². The fraction of sp³-hybridized carbons (Fsp3) is 0.533. The second-order valence-electron chi connectivity index (χ2n) is 6.59. The van der Waals surface area contributed by atoms with Crippen LogP contribution in [0.4, 0.5) is 24.5 Å². The van der Waals surface area contributed by atoms with Crippen molar-refractivity contribution >= 4 is 17.3 Å². The van der Waals surface area contributed by atoms with Crippen molar-refractivity contribution in [3.63, 3.8) is 0 Å². The van der Waals surface area contributed by atoms with Crippen molar-refractivity contribution in [3.05, 3.63) is 23.8 Å². The summed E-state index contributed by atoms with van der Waals surface area (Å²) in [5, 5.41) is 5.66. The Balaban J connectivity index is 2.25. The molecule has 1 aromatic rings. The molecule has 1 aliphatic heterocycles. The van der Waals surface area contributed by atoms with Gasteiger partial charge in [-0.05, 0) is 30.0 Å². The Hall–Kier alpha value is -1.72. The number of nitrogens with one attached hydrogen (secondary N) is 2. The van der Waals surface area contributed by atoms with Gasteiger partial charge in [-0.1, -0.05) is 20.8 Å². The topological polar surface area (TPSA) is 41.1 Å². The average Bonchev–Trinajstić information content (AvgIpc) is 2.46. The second kappa shape index (κ2) is 5.24. The molecule has 1 aromatic carbocycles. The minimum Gasteiger partial charge on any atom is -0.383 e. The summed E-state index contributed by atoms with van der Waals surface area (Å²) in [5.74, 6) is -0.512. The van der Waals surface area contributed by atoms with E-state index in [1.165, 1.54) is 6.07 Å². The maximum Gasteiger partial charge on any atom is 0.416 e. The van der Waals surface area contributed by atoms with Gasteiger partial charge in [-0.15, -0.1) is 0 Å². The van der Waals surface area contributed by atoms with E-state index in [0.29, 0.717) is 18.7 Å². The standard InChI is InChI=1S/C15H19F3N2O/c1-14(2,3)7-9-8-19-11-5-4-10(15(16,17)18)6-12(11)20-13(9)21/h4-6,9,19H,7-8H2,1-3H3,(H,20,21). The van der Waals surface area contributed by atoms with E-state index in [1.807, 2.05) is 20.8 Å². The number of halogens is 3. The fourth-order valence-electron chi connectivity index (χ4n) is 2.44. The summed E-state index contributed by atoms with van der Waals surface area (Å²) in [5.41, 5.74) is -0.0891. The number of anilines is 2. The van der Waals surface area contributed by atoms with Crippen LogP contribution < -0.4 is 10.6 Å². The van der Waals surface area contributed by atoms with Crippen molar-refractivity contribution in [1.29, 1.82) is 0 Å². The average molecular weight is 300 g/mol. The molecule has 0 spiro atoms. The van der Waals surface area contributed by atoms with E-state index in [9.17, 15) is 18.0 Å².